The summed E-state index contributed by atoms with van der Waals surface area (Å²) >= 11 is 0. The predicted molar refractivity (Wildman–Crippen MR) is 69.4 cm³/mol. The molecule has 1 aromatic carbocycles. The first-order chi connectivity index (χ1) is 8.63. The zero-order valence-electron chi connectivity index (χ0n) is 11.2. The number of benzene rings is 1. The summed E-state index contributed by atoms with van der Waals surface area (Å²) in [7, 11) is 0. The number of nitrogens with zero attached hydrogens (tertiary/aromatic N) is 1. The number of halogens is 3. The summed E-state index contributed by atoms with van der Waals surface area (Å²) in [6.07, 6.45) is -5.24. The van der Waals surface area contributed by atoms with E-state index in [9.17, 15) is 18.3 Å². The summed E-state index contributed by atoms with van der Waals surface area (Å²) in [5.41, 5.74) is -1.92. The van der Waals surface area contributed by atoms with Gasteiger partial charge >= 0.3 is 6.18 Å². The third-order valence-corrected chi connectivity index (χ3v) is 2.64. The minimum Gasteiger partial charge on any atom is -0.380 e. The summed E-state index contributed by atoms with van der Waals surface area (Å²) in [5.74, 6) is 0. The number of alkyl halides is 3. The van der Waals surface area contributed by atoms with Gasteiger partial charge in [-0.2, -0.15) is 13.2 Å². The summed E-state index contributed by atoms with van der Waals surface area (Å²) in [4.78, 5) is 4.20. The van der Waals surface area contributed by atoms with Gasteiger partial charge in [0.2, 0.25) is 0 Å². The Morgan fingerprint density at radius 3 is 2.16 bits per heavy atom. The van der Waals surface area contributed by atoms with Crippen molar-refractivity contribution in [1.82, 2.24) is 0 Å². The highest BCUT2D eigenvalue weighted by molar-refractivity contribution is 6.01. The Kier molecular flexibility index (Phi) is 4.74. The van der Waals surface area contributed by atoms with E-state index in [2.05, 4.69) is 4.99 Å². The Bertz CT molecular complexity index is 436. The van der Waals surface area contributed by atoms with Crippen molar-refractivity contribution in [3.05, 3.63) is 35.9 Å². The van der Waals surface area contributed by atoms with Crippen molar-refractivity contribution in [3.63, 3.8) is 0 Å². The summed E-state index contributed by atoms with van der Waals surface area (Å²) in [6.45, 7) is 4.34. The van der Waals surface area contributed by atoms with Crippen molar-refractivity contribution in [2.24, 2.45) is 4.99 Å². The molecule has 0 saturated heterocycles. The number of hydrogen-bond donors (Lipinski definition) is 1. The van der Waals surface area contributed by atoms with Gasteiger partial charge in [0.1, 0.15) is 0 Å². The summed E-state index contributed by atoms with van der Waals surface area (Å²) in [6, 6.07) is 8.47. The number of rotatable bonds is 4. The molecule has 19 heavy (non-hydrogen) atoms. The maximum atomic E-state index is 12.7. The van der Waals surface area contributed by atoms with E-state index in [0.29, 0.717) is 5.56 Å². The van der Waals surface area contributed by atoms with Crippen molar-refractivity contribution >= 4 is 5.71 Å². The molecular weight excluding hydrogens is 255 g/mol. The van der Waals surface area contributed by atoms with E-state index in [1.807, 2.05) is 0 Å². The van der Waals surface area contributed by atoms with Crippen LogP contribution < -0.4 is 0 Å². The average Bonchev–Trinajstić information content (AvgIpc) is 2.27. The van der Waals surface area contributed by atoms with E-state index in [1.165, 1.54) is 0 Å². The number of hydrogen-bond acceptors (Lipinski definition) is 2. The maximum Gasteiger partial charge on any atom is 0.417 e. The molecule has 0 heterocycles. The van der Waals surface area contributed by atoms with Crippen LogP contribution in [0.1, 0.15) is 32.8 Å². The lowest BCUT2D eigenvalue weighted by molar-refractivity contribution is -0.249. The van der Waals surface area contributed by atoms with Crippen LogP contribution in [0.25, 0.3) is 0 Å². The largest absolute Gasteiger partial charge is 0.417 e. The quantitative estimate of drug-likeness (QED) is 0.835. The molecule has 0 bridgehead atoms. The number of aliphatic hydroxyl groups is 1. The molecular formula is C14H18F3NO. The van der Waals surface area contributed by atoms with Gasteiger partial charge in [0.05, 0.1) is 0 Å². The molecule has 1 N–H and O–H groups in total. The van der Waals surface area contributed by atoms with Gasteiger partial charge in [0.25, 0.3) is 0 Å². The lowest BCUT2D eigenvalue weighted by Crippen LogP contribution is -2.44. The lowest BCUT2D eigenvalue weighted by Gasteiger charge is -2.27. The van der Waals surface area contributed by atoms with Gasteiger partial charge < -0.3 is 5.11 Å². The molecule has 106 valence electrons. The van der Waals surface area contributed by atoms with Crippen LogP contribution in [0, 0.1) is 0 Å². The third-order valence-electron chi connectivity index (χ3n) is 2.64. The van der Waals surface area contributed by atoms with Crippen molar-refractivity contribution in [2.75, 3.05) is 0 Å². The first-order valence-corrected chi connectivity index (χ1v) is 6.04. The molecule has 0 aliphatic rings. The van der Waals surface area contributed by atoms with Crippen LogP contribution in [0.15, 0.2) is 35.3 Å². The monoisotopic (exact) mass is 273 g/mol. The van der Waals surface area contributed by atoms with Gasteiger partial charge in [-0.3, -0.25) is 4.99 Å². The van der Waals surface area contributed by atoms with Crippen molar-refractivity contribution in [1.29, 1.82) is 0 Å². The smallest absolute Gasteiger partial charge is 0.380 e. The number of aliphatic imine (C=N–C) groups is 1. The second kappa shape index (κ2) is 5.74. The topological polar surface area (TPSA) is 32.6 Å². The van der Waals surface area contributed by atoms with E-state index in [-0.39, 0.29) is 11.8 Å². The van der Waals surface area contributed by atoms with E-state index in [4.69, 9.17) is 0 Å². The standard InChI is InChI=1S/C14H18F3NO/c1-10(2)18-12(11-7-5-4-6-8-11)9-13(3,19)14(15,16)17/h4-8,10,19H,9H2,1-3H3/t13-/m0/s1. The molecule has 0 aromatic heterocycles. The van der Waals surface area contributed by atoms with Crippen LogP contribution in [0.2, 0.25) is 0 Å². The normalized spacial score (nSPS) is 16.5. The molecule has 1 aromatic rings. The van der Waals surface area contributed by atoms with Crippen LogP contribution >= 0.6 is 0 Å². The van der Waals surface area contributed by atoms with Gasteiger partial charge in [-0.25, -0.2) is 0 Å². The molecule has 0 unspecified atom stereocenters. The fourth-order valence-corrected chi connectivity index (χ4v) is 1.59. The third kappa shape index (κ3) is 4.35. The SMILES string of the molecule is CC(C)N=C(C[C@](C)(O)C(F)(F)F)c1ccccc1. The van der Waals surface area contributed by atoms with Crippen molar-refractivity contribution in [2.45, 2.75) is 45.0 Å². The van der Waals surface area contributed by atoms with Crippen LogP contribution in [0.4, 0.5) is 13.2 Å². The molecule has 0 fully saturated rings. The van der Waals surface area contributed by atoms with Crippen LogP contribution in [0.5, 0.6) is 0 Å². The minimum absolute atomic E-state index is 0.140. The van der Waals surface area contributed by atoms with Gasteiger partial charge in [0.15, 0.2) is 5.60 Å². The van der Waals surface area contributed by atoms with E-state index in [0.717, 1.165) is 6.92 Å². The lowest BCUT2D eigenvalue weighted by atomic mass is 9.94. The van der Waals surface area contributed by atoms with Gasteiger partial charge in [-0.15, -0.1) is 0 Å². The highest BCUT2D eigenvalue weighted by Crippen LogP contribution is 2.33. The molecule has 2 nitrogen and oxygen atoms in total. The molecule has 0 aliphatic carbocycles. The highest BCUT2D eigenvalue weighted by atomic mass is 19.4. The molecule has 1 atom stereocenters. The molecule has 0 radical (unpaired) electrons. The predicted octanol–water partition coefficient (Wildman–Crippen LogP) is 3.59. The fourth-order valence-electron chi connectivity index (χ4n) is 1.59. The summed E-state index contributed by atoms with van der Waals surface area (Å²) < 4.78 is 38.2. The Hall–Kier alpha value is -1.36. The van der Waals surface area contributed by atoms with Crippen LogP contribution in [0.3, 0.4) is 0 Å². The Morgan fingerprint density at radius 2 is 1.74 bits per heavy atom. The van der Waals surface area contributed by atoms with Crippen LogP contribution in [-0.2, 0) is 0 Å². The maximum absolute atomic E-state index is 12.7. The second-order valence-corrected chi connectivity index (χ2v) is 4.98. The zero-order valence-corrected chi connectivity index (χ0v) is 11.2. The van der Waals surface area contributed by atoms with Crippen molar-refractivity contribution in [3.8, 4) is 0 Å². The van der Waals surface area contributed by atoms with E-state index < -0.39 is 18.2 Å². The first-order valence-electron chi connectivity index (χ1n) is 6.04. The molecule has 0 amide bonds. The van der Waals surface area contributed by atoms with Gasteiger partial charge in [-0.05, 0) is 26.3 Å². The fraction of sp³-hybridized carbons (Fsp3) is 0.500. The Labute approximate surface area is 111 Å². The molecule has 0 aliphatic heterocycles. The van der Waals surface area contributed by atoms with E-state index in [1.54, 1.807) is 44.2 Å². The molecule has 0 spiro atoms. The highest BCUT2D eigenvalue weighted by Gasteiger charge is 2.50. The minimum atomic E-state index is -4.68. The van der Waals surface area contributed by atoms with Gasteiger partial charge in [-0.1, -0.05) is 30.3 Å². The molecule has 0 saturated carbocycles. The van der Waals surface area contributed by atoms with Crippen LogP contribution in [-0.4, -0.2) is 28.6 Å². The van der Waals surface area contributed by atoms with Gasteiger partial charge in [0, 0.05) is 18.2 Å². The summed E-state index contributed by atoms with van der Waals surface area (Å²) in [5, 5.41) is 9.59. The van der Waals surface area contributed by atoms with E-state index >= 15 is 0 Å². The molecule has 5 heteroatoms. The zero-order chi connectivity index (χ0) is 14.7. The second-order valence-electron chi connectivity index (χ2n) is 4.98. The van der Waals surface area contributed by atoms with Crippen molar-refractivity contribution < 1.29 is 18.3 Å². The first kappa shape index (κ1) is 15.7. The molecule has 1 rings (SSSR count). The average molecular weight is 273 g/mol. The Morgan fingerprint density at radius 1 is 1.21 bits per heavy atom. The Balaban J connectivity index is 3.09.